The van der Waals surface area contributed by atoms with E-state index >= 15 is 0 Å². The van der Waals surface area contributed by atoms with Gasteiger partial charge in [-0.15, -0.1) is 0 Å². The van der Waals surface area contributed by atoms with Crippen LogP contribution in [0, 0.1) is 0 Å². The number of hydrogen-bond donors (Lipinski definition) is 1. The van der Waals surface area contributed by atoms with Crippen molar-refractivity contribution in [1.82, 2.24) is 4.98 Å². The predicted molar refractivity (Wildman–Crippen MR) is 87.2 cm³/mol. The summed E-state index contributed by atoms with van der Waals surface area (Å²) in [6.45, 7) is 8.12. The van der Waals surface area contributed by atoms with E-state index in [0.717, 1.165) is 11.0 Å². The van der Waals surface area contributed by atoms with Crippen molar-refractivity contribution in [3.63, 3.8) is 0 Å². The van der Waals surface area contributed by atoms with Crippen LogP contribution in [0.3, 0.4) is 0 Å². The molecule has 1 saturated heterocycles. The average molecular weight is 312 g/mol. The maximum atomic E-state index is 6.13. The summed E-state index contributed by atoms with van der Waals surface area (Å²) in [6.07, 6.45) is 5.28. The van der Waals surface area contributed by atoms with Gasteiger partial charge in [-0.25, -0.2) is 0 Å². The Kier molecular flexibility index (Phi) is 4.55. The molecular weight excluding hydrogens is 292 g/mol. The normalized spacial score (nSPS) is 21.3. The number of halogens is 1. The van der Waals surface area contributed by atoms with Gasteiger partial charge in [-0.3, -0.25) is 4.98 Å². The van der Waals surface area contributed by atoms with Gasteiger partial charge in [0.05, 0.1) is 16.2 Å². The third-order valence-corrected chi connectivity index (χ3v) is 4.56. The largest absolute Gasteiger partial charge is 0.491 e. The second-order valence-electron chi connectivity index (χ2n) is 5.86. The monoisotopic (exact) mass is 311 g/mol. The Balaban J connectivity index is 2.29. The van der Waals surface area contributed by atoms with E-state index in [1.807, 2.05) is 39.8 Å². The Morgan fingerprint density at radius 3 is 2.45 bits per heavy atom. The molecule has 0 saturated carbocycles. The molecule has 0 aromatic carbocycles. The van der Waals surface area contributed by atoms with Crippen LogP contribution in [0.25, 0.3) is 6.08 Å². The highest BCUT2D eigenvalue weighted by molar-refractivity contribution is 7.80. The first kappa shape index (κ1) is 15.9. The van der Waals surface area contributed by atoms with Gasteiger partial charge in [0.2, 0.25) is 0 Å². The minimum absolute atomic E-state index is 0.359. The SMILES string of the molecule is CC1(C)OB(C(=Cc2ccncc2Cl)CS)OC1(C)C. The Hall–Kier alpha value is -0.485. The van der Waals surface area contributed by atoms with Crippen molar-refractivity contribution in [2.45, 2.75) is 38.9 Å². The van der Waals surface area contributed by atoms with Gasteiger partial charge in [0.25, 0.3) is 0 Å². The summed E-state index contributed by atoms with van der Waals surface area (Å²) >= 11 is 10.5. The lowest BCUT2D eigenvalue weighted by Gasteiger charge is -2.32. The molecule has 1 fully saturated rings. The molecule has 1 aromatic rings. The van der Waals surface area contributed by atoms with Crippen molar-refractivity contribution in [2.75, 3.05) is 5.75 Å². The molecule has 0 amide bonds. The van der Waals surface area contributed by atoms with E-state index in [0.29, 0.717) is 10.8 Å². The first-order chi connectivity index (χ1) is 9.27. The highest BCUT2D eigenvalue weighted by Gasteiger charge is 2.52. The smallest absolute Gasteiger partial charge is 0.400 e. The maximum absolute atomic E-state index is 6.13. The first-order valence-corrected chi connectivity index (χ1v) is 7.54. The second kappa shape index (κ2) is 5.72. The number of thiol groups is 1. The van der Waals surface area contributed by atoms with Gasteiger partial charge < -0.3 is 9.31 Å². The van der Waals surface area contributed by atoms with E-state index in [1.54, 1.807) is 12.4 Å². The van der Waals surface area contributed by atoms with Crippen LogP contribution in [0.15, 0.2) is 23.9 Å². The zero-order valence-corrected chi connectivity index (χ0v) is 13.8. The van der Waals surface area contributed by atoms with Gasteiger partial charge >= 0.3 is 7.12 Å². The molecule has 6 heteroatoms. The molecule has 1 aliphatic rings. The van der Waals surface area contributed by atoms with E-state index in [2.05, 4.69) is 17.6 Å². The lowest BCUT2D eigenvalue weighted by atomic mass is 9.78. The van der Waals surface area contributed by atoms with Gasteiger partial charge in [0.15, 0.2) is 0 Å². The zero-order valence-electron chi connectivity index (χ0n) is 12.2. The van der Waals surface area contributed by atoms with Crippen molar-refractivity contribution in [3.8, 4) is 0 Å². The highest BCUT2D eigenvalue weighted by atomic mass is 35.5. The molecule has 3 nitrogen and oxygen atoms in total. The van der Waals surface area contributed by atoms with Crippen LogP contribution >= 0.6 is 24.2 Å². The summed E-state index contributed by atoms with van der Waals surface area (Å²) in [6, 6.07) is 1.86. The summed E-state index contributed by atoms with van der Waals surface area (Å²) in [5, 5.41) is 0.600. The molecule has 1 aliphatic heterocycles. The topological polar surface area (TPSA) is 31.4 Å². The molecule has 2 heterocycles. The third kappa shape index (κ3) is 3.06. The standard InChI is InChI=1S/C14H19BClNO2S/c1-13(2)14(3,4)19-15(18-13)11(9-20)7-10-5-6-17-8-12(10)16/h5-8,20H,9H2,1-4H3. The van der Waals surface area contributed by atoms with E-state index in [4.69, 9.17) is 20.9 Å². The third-order valence-electron chi connectivity index (χ3n) is 3.88. The van der Waals surface area contributed by atoms with Crippen molar-refractivity contribution < 1.29 is 9.31 Å². The molecule has 0 atom stereocenters. The number of pyridine rings is 1. The molecule has 0 aliphatic carbocycles. The van der Waals surface area contributed by atoms with Crippen LogP contribution < -0.4 is 0 Å². The molecule has 2 rings (SSSR count). The summed E-state index contributed by atoms with van der Waals surface area (Å²) in [5.74, 6) is 0.537. The van der Waals surface area contributed by atoms with Crippen LogP contribution in [0.1, 0.15) is 33.3 Å². The van der Waals surface area contributed by atoms with Crippen molar-refractivity contribution >= 4 is 37.4 Å². The summed E-state index contributed by atoms with van der Waals surface area (Å²) < 4.78 is 12.1. The molecule has 0 unspecified atom stereocenters. The molecule has 1 aromatic heterocycles. The maximum Gasteiger partial charge on any atom is 0.491 e. The molecule has 108 valence electrons. The van der Waals surface area contributed by atoms with Crippen molar-refractivity contribution in [1.29, 1.82) is 0 Å². The number of rotatable bonds is 3. The van der Waals surface area contributed by atoms with Crippen LogP contribution in [0.5, 0.6) is 0 Å². The summed E-state index contributed by atoms with van der Waals surface area (Å²) in [7, 11) is -0.401. The van der Waals surface area contributed by atoms with Crippen LogP contribution in [0.4, 0.5) is 0 Å². The zero-order chi connectivity index (χ0) is 15.0. The molecule has 0 bridgehead atoms. The molecule has 0 spiro atoms. The van der Waals surface area contributed by atoms with Crippen LogP contribution in [-0.2, 0) is 9.31 Å². The minimum atomic E-state index is -0.401. The summed E-state index contributed by atoms with van der Waals surface area (Å²) in [4.78, 5) is 3.98. The lowest BCUT2D eigenvalue weighted by molar-refractivity contribution is 0.00578. The van der Waals surface area contributed by atoms with Gasteiger partial charge in [-0.05, 0) is 44.8 Å². The van der Waals surface area contributed by atoms with Gasteiger partial charge in [-0.1, -0.05) is 17.7 Å². The van der Waals surface area contributed by atoms with E-state index < -0.39 is 7.12 Å². The fourth-order valence-electron chi connectivity index (χ4n) is 1.89. The van der Waals surface area contributed by atoms with Gasteiger partial charge in [0.1, 0.15) is 0 Å². The minimum Gasteiger partial charge on any atom is -0.400 e. The second-order valence-corrected chi connectivity index (χ2v) is 6.59. The molecule has 20 heavy (non-hydrogen) atoms. The lowest BCUT2D eigenvalue weighted by Crippen LogP contribution is -2.41. The Labute approximate surface area is 131 Å². The number of nitrogens with zero attached hydrogens (tertiary/aromatic N) is 1. The molecular formula is C14H19BClNO2S. The summed E-state index contributed by atoms with van der Waals surface area (Å²) in [5.41, 5.74) is 1.12. The fourth-order valence-corrected chi connectivity index (χ4v) is 2.30. The average Bonchev–Trinajstić information content (AvgIpc) is 2.57. The highest BCUT2D eigenvalue weighted by Crippen LogP contribution is 2.39. The van der Waals surface area contributed by atoms with Crippen LogP contribution in [0.2, 0.25) is 5.02 Å². The van der Waals surface area contributed by atoms with E-state index in [1.165, 1.54) is 0 Å². The molecule has 0 radical (unpaired) electrons. The molecule has 0 N–H and O–H groups in total. The van der Waals surface area contributed by atoms with E-state index in [-0.39, 0.29) is 11.2 Å². The van der Waals surface area contributed by atoms with Crippen molar-refractivity contribution in [2.24, 2.45) is 0 Å². The van der Waals surface area contributed by atoms with Gasteiger partial charge in [-0.2, -0.15) is 12.6 Å². The Bertz CT molecular complexity index is 518. The van der Waals surface area contributed by atoms with Crippen molar-refractivity contribution in [3.05, 3.63) is 34.5 Å². The first-order valence-electron chi connectivity index (χ1n) is 6.53. The Morgan fingerprint density at radius 1 is 1.35 bits per heavy atom. The number of aromatic nitrogens is 1. The van der Waals surface area contributed by atoms with Crippen LogP contribution in [-0.4, -0.2) is 29.1 Å². The number of hydrogen-bond acceptors (Lipinski definition) is 4. The quantitative estimate of drug-likeness (QED) is 0.682. The Morgan fingerprint density at radius 2 is 1.95 bits per heavy atom. The van der Waals surface area contributed by atoms with Gasteiger partial charge in [0, 0.05) is 18.1 Å². The fraction of sp³-hybridized carbons (Fsp3) is 0.500. The van der Waals surface area contributed by atoms with E-state index in [9.17, 15) is 0 Å². The predicted octanol–water partition coefficient (Wildman–Crippen LogP) is 3.68.